The Labute approximate surface area is 130 Å². The molecule has 1 saturated carbocycles. The molecule has 0 amide bonds. The molecule has 0 spiro atoms. The second-order valence-electron chi connectivity index (χ2n) is 5.66. The molecule has 1 aliphatic carbocycles. The highest BCUT2D eigenvalue weighted by Gasteiger charge is 2.51. The molecule has 2 aromatic heterocycles. The molecule has 2 aliphatic rings. The van der Waals surface area contributed by atoms with E-state index < -0.39 is 5.92 Å². The van der Waals surface area contributed by atoms with E-state index in [1.54, 1.807) is 17.1 Å². The normalized spacial score (nSPS) is 22.9. The second-order valence-corrected chi connectivity index (χ2v) is 5.99. The maximum Gasteiger partial charge on any atom is 0.252 e. The van der Waals surface area contributed by atoms with Gasteiger partial charge in [-0.25, -0.2) is 13.8 Å². The lowest BCUT2D eigenvalue weighted by Gasteiger charge is -2.48. The van der Waals surface area contributed by atoms with E-state index in [4.69, 9.17) is 11.6 Å². The van der Waals surface area contributed by atoms with E-state index >= 15 is 0 Å². The molecular formula is C13H13ClF2N6. The van der Waals surface area contributed by atoms with Gasteiger partial charge in [0.15, 0.2) is 11.6 Å². The van der Waals surface area contributed by atoms with Gasteiger partial charge in [-0.2, -0.15) is 4.98 Å². The number of fused-ring (bicyclic) bond motifs is 3. The lowest BCUT2D eigenvalue weighted by atomic mass is 9.85. The highest BCUT2D eigenvalue weighted by molar-refractivity contribution is 6.28. The van der Waals surface area contributed by atoms with E-state index in [1.165, 1.54) is 0 Å². The highest BCUT2D eigenvalue weighted by Crippen LogP contribution is 2.48. The van der Waals surface area contributed by atoms with Crippen LogP contribution in [0.4, 0.5) is 14.6 Å². The van der Waals surface area contributed by atoms with Crippen molar-refractivity contribution in [2.45, 2.75) is 44.2 Å². The van der Waals surface area contributed by atoms with Gasteiger partial charge >= 0.3 is 0 Å². The molecule has 6 nitrogen and oxygen atoms in total. The van der Waals surface area contributed by atoms with Crippen LogP contribution in [0, 0.1) is 0 Å². The van der Waals surface area contributed by atoms with Crippen molar-refractivity contribution < 1.29 is 8.78 Å². The molecule has 1 atom stereocenters. The number of halogens is 3. The number of anilines is 1. The first kappa shape index (κ1) is 13.8. The molecular weight excluding hydrogens is 314 g/mol. The third-order valence-electron chi connectivity index (χ3n) is 4.28. The Bertz CT molecular complexity index is 725. The number of alkyl halides is 2. The van der Waals surface area contributed by atoms with Gasteiger partial charge in [-0.15, -0.1) is 10.2 Å². The van der Waals surface area contributed by atoms with Gasteiger partial charge in [0.1, 0.15) is 12.0 Å². The minimum Gasteiger partial charge on any atom is -0.341 e. The van der Waals surface area contributed by atoms with E-state index in [9.17, 15) is 8.78 Å². The molecule has 116 valence electrons. The lowest BCUT2D eigenvalue weighted by molar-refractivity contribution is -0.0878. The molecule has 3 heterocycles. The van der Waals surface area contributed by atoms with Crippen LogP contribution >= 0.6 is 11.6 Å². The fourth-order valence-corrected chi connectivity index (χ4v) is 3.40. The molecule has 0 unspecified atom stereocenters. The Hall–Kier alpha value is -1.83. The maximum absolute atomic E-state index is 13.3. The van der Waals surface area contributed by atoms with Crippen LogP contribution < -0.4 is 4.90 Å². The molecule has 4 rings (SSSR count). The Morgan fingerprint density at radius 2 is 2.18 bits per heavy atom. The van der Waals surface area contributed by atoms with Gasteiger partial charge in [-0.3, -0.25) is 4.57 Å². The Morgan fingerprint density at radius 1 is 1.41 bits per heavy atom. The van der Waals surface area contributed by atoms with Crippen molar-refractivity contribution in [1.29, 1.82) is 0 Å². The van der Waals surface area contributed by atoms with Crippen LogP contribution in [0.5, 0.6) is 0 Å². The van der Waals surface area contributed by atoms with Crippen molar-refractivity contribution in [2.24, 2.45) is 0 Å². The van der Waals surface area contributed by atoms with Crippen LogP contribution in [-0.4, -0.2) is 36.7 Å². The standard InChI is InChI=1S/C13H13ClF2N6/c1-2-8-11-20-18-6-21(11)9-5-17-12(14)19-10(9)22(8)7-3-13(15,16)4-7/h5-8H,2-4H2,1H3/t8-/m1/s1. The highest BCUT2D eigenvalue weighted by atomic mass is 35.5. The summed E-state index contributed by atoms with van der Waals surface area (Å²) < 4.78 is 28.5. The Kier molecular flexibility index (Phi) is 2.87. The molecule has 9 heteroatoms. The third-order valence-corrected chi connectivity index (χ3v) is 4.46. The van der Waals surface area contributed by atoms with Crippen LogP contribution in [-0.2, 0) is 0 Å². The SMILES string of the molecule is CC[C@@H]1c2nncn2-c2cnc(Cl)nc2N1C1CC(F)(F)C1. The second kappa shape index (κ2) is 4.58. The van der Waals surface area contributed by atoms with Crippen molar-refractivity contribution in [3.63, 3.8) is 0 Å². The van der Waals surface area contributed by atoms with Crippen molar-refractivity contribution >= 4 is 17.4 Å². The minimum atomic E-state index is -2.61. The summed E-state index contributed by atoms with van der Waals surface area (Å²) in [6.07, 6.45) is 3.51. The molecule has 0 bridgehead atoms. The smallest absolute Gasteiger partial charge is 0.252 e. The zero-order chi connectivity index (χ0) is 15.5. The van der Waals surface area contributed by atoms with E-state index in [0.717, 1.165) is 5.82 Å². The Balaban J connectivity index is 1.85. The fraction of sp³-hybridized carbons (Fsp3) is 0.538. The first-order valence-corrected chi connectivity index (χ1v) is 7.47. The number of hydrogen-bond acceptors (Lipinski definition) is 5. The zero-order valence-corrected chi connectivity index (χ0v) is 12.5. The molecule has 22 heavy (non-hydrogen) atoms. The average molecular weight is 327 g/mol. The van der Waals surface area contributed by atoms with Gasteiger partial charge in [-0.1, -0.05) is 6.92 Å². The lowest BCUT2D eigenvalue weighted by Crippen LogP contribution is -2.54. The van der Waals surface area contributed by atoms with E-state index in [2.05, 4.69) is 20.2 Å². The summed E-state index contributed by atoms with van der Waals surface area (Å²) in [5, 5.41) is 8.19. The first-order valence-electron chi connectivity index (χ1n) is 7.09. The van der Waals surface area contributed by atoms with Crippen LogP contribution in [0.25, 0.3) is 5.69 Å². The molecule has 2 aromatic rings. The topological polar surface area (TPSA) is 59.7 Å². The summed E-state index contributed by atoms with van der Waals surface area (Å²) in [5.41, 5.74) is 0.671. The van der Waals surface area contributed by atoms with Crippen molar-refractivity contribution in [3.05, 3.63) is 23.6 Å². The quantitative estimate of drug-likeness (QED) is 0.794. The minimum absolute atomic E-state index is 0.0983. The Morgan fingerprint density at radius 3 is 2.86 bits per heavy atom. The number of aromatic nitrogens is 5. The summed E-state index contributed by atoms with van der Waals surface area (Å²) in [6.45, 7) is 1.99. The van der Waals surface area contributed by atoms with Crippen molar-refractivity contribution in [2.75, 3.05) is 4.90 Å². The van der Waals surface area contributed by atoms with Gasteiger partial charge in [0.25, 0.3) is 5.92 Å². The molecule has 0 saturated heterocycles. The van der Waals surface area contributed by atoms with Crippen LogP contribution in [0.1, 0.15) is 38.1 Å². The average Bonchev–Trinajstić information content (AvgIpc) is 2.92. The van der Waals surface area contributed by atoms with Gasteiger partial charge in [0.2, 0.25) is 5.28 Å². The van der Waals surface area contributed by atoms with E-state index in [1.807, 2.05) is 11.8 Å². The number of rotatable bonds is 2. The number of nitrogens with zero attached hydrogens (tertiary/aromatic N) is 6. The summed E-state index contributed by atoms with van der Waals surface area (Å²) in [7, 11) is 0. The molecule has 1 aliphatic heterocycles. The first-order chi connectivity index (χ1) is 10.5. The molecule has 0 aromatic carbocycles. The van der Waals surface area contributed by atoms with Crippen molar-refractivity contribution in [1.82, 2.24) is 24.7 Å². The maximum atomic E-state index is 13.3. The summed E-state index contributed by atoms with van der Waals surface area (Å²) >= 11 is 5.92. The summed E-state index contributed by atoms with van der Waals surface area (Å²) in [6, 6.07) is -0.433. The summed E-state index contributed by atoms with van der Waals surface area (Å²) in [4.78, 5) is 10.2. The van der Waals surface area contributed by atoms with E-state index in [-0.39, 0.29) is 30.2 Å². The molecule has 0 radical (unpaired) electrons. The van der Waals surface area contributed by atoms with Gasteiger partial charge in [0, 0.05) is 18.9 Å². The van der Waals surface area contributed by atoms with Crippen LogP contribution in [0.15, 0.2) is 12.5 Å². The van der Waals surface area contributed by atoms with Crippen LogP contribution in [0.2, 0.25) is 5.28 Å². The zero-order valence-electron chi connectivity index (χ0n) is 11.7. The monoisotopic (exact) mass is 326 g/mol. The molecule has 0 N–H and O–H groups in total. The largest absolute Gasteiger partial charge is 0.341 e. The van der Waals surface area contributed by atoms with Gasteiger partial charge in [0.05, 0.1) is 12.2 Å². The molecule has 1 fully saturated rings. The van der Waals surface area contributed by atoms with Crippen LogP contribution in [0.3, 0.4) is 0 Å². The van der Waals surface area contributed by atoms with E-state index in [0.29, 0.717) is 17.9 Å². The predicted octanol–water partition coefficient (Wildman–Crippen LogP) is 2.78. The fourth-order valence-electron chi connectivity index (χ4n) is 3.27. The van der Waals surface area contributed by atoms with Gasteiger partial charge in [-0.05, 0) is 18.0 Å². The number of hydrogen-bond donors (Lipinski definition) is 0. The van der Waals surface area contributed by atoms with Crippen molar-refractivity contribution in [3.8, 4) is 5.69 Å². The third kappa shape index (κ3) is 1.89. The van der Waals surface area contributed by atoms with Gasteiger partial charge < -0.3 is 4.90 Å². The summed E-state index contributed by atoms with van der Waals surface area (Å²) in [5.74, 6) is -1.32. The predicted molar refractivity (Wildman–Crippen MR) is 75.4 cm³/mol.